The second-order valence-electron chi connectivity index (χ2n) is 8.07. The third-order valence-electron chi connectivity index (χ3n) is 5.99. The van der Waals surface area contributed by atoms with Crippen LogP contribution in [0.4, 0.5) is 5.82 Å². The monoisotopic (exact) mass is 429 g/mol. The maximum Gasteiger partial charge on any atom is 0.341 e. The van der Waals surface area contributed by atoms with Crippen molar-refractivity contribution in [1.29, 1.82) is 0 Å². The van der Waals surface area contributed by atoms with Crippen molar-refractivity contribution in [3.8, 4) is 11.4 Å². The van der Waals surface area contributed by atoms with E-state index in [1.54, 1.807) is 12.1 Å². The number of Topliss-reactive ketones (excluding diaryl/α,β-unsaturated/α-hetero) is 1. The van der Waals surface area contributed by atoms with Crippen molar-refractivity contribution >= 4 is 17.6 Å². The number of rotatable bonds is 5. The molecule has 0 fully saturated rings. The van der Waals surface area contributed by atoms with Crippen LogP contribution in [0.2, 0.25) is 0 Å². The van der Waals surface area contributed by atoms with Crippen LogP contribution in [0.25, 0.3) is 5.69 Å². The highest BCUT2D eigenvalue weighted by Gasteiger charge is 2.38. The van der Waals surface area contributed by atoms with Gasteiger partial charge in [-0.25, -0.2) is 9.48 Å². The summed E-state index contributed by atoms with van der Waals surface area (Å²) < 4.78 is 7.19. The Labute approximate surface area is 185 Å². The van der Waals surface area contributed by atoms with E-state index in [-0.39, 0.29) is 11.7 Å². The van der Waals surface area contributed by atoms with Gasteiger partial charge in [0, 0.05) is 29.2 Å². The first-order valence-corrected chi connectivity index (χ1v) is 10.7. The Morgan fingerprint density at radius 2 is 1.91 bits per heavy atom. The zero-order valence-electron chi connectivity index (χ0n) is 17.7. The van der Waals surface area contributed by atoms with Gasteiger partial charge in [-0.3, -0.25) is 4.79 Å². The highest BCUT2D eigenvalue weighted by atomic mass is 16.5. The van der Waals surface area contributed by atoms with Gasteiger partial charge in [0.05, 0.1) is 11.4 Å². The largest absolute Gasteiger partial charge is 0.482 e. The second kappa shape index (κ2) is 8.00. The molecule has 2 aliphatic rings. The van der Waals surface area contributed by atoms with E-state index in [0.29, 0.717) is 12.2 Å². The van der Waals surface area contributed by atoms with E-state index in [0.717, 1.165) is 52.4 Å². The number of allylic oxidation sites excluding steroid dienone is 2. The summed E-state index contributed by atoms with van der Waals surface area (Å²) in [6.45, 7) is 1.57. The predicted octanol–water partition coefficient (Wildman–Crippen LogP) is 4.21. The number of benzene rings is 2. The van der Waals surface area contributed by atoms with Crippen LogP contribution < -0.4 is 10.1 Å². The summed E-state index contributed by atoms with van der Waals surface area (Å²) in [5, 5.41) is 17.2. The quantitative estimate of drug-likeness (QED) is 0.631. The van der Waals surface area contributed by atoms with Crippen molar-refractivity contribution in [2.24, 2.45) is 0 Å². The molecule has 1 aliphatic heterocycles. The average molecular weight is 429 g/mol. The van der Waals surface area contributed by atoms with Crippen LogP contribution >= 0.6 is 0 Å². The summed E-state index contributed by atoms with van der Waals surface area (Å²) in [5.74, 6) is 0.265. The standard InChI is InChI=1S/C25H23N3O4/c1-15-22-23(16-10-12-18(13-11-16)32-14-21(30)31)24-19(8-5-9-20(24)29)26-25(22)28(27-15)17-6-3-2-4-7-17/h2-4,6-7,10-13,23,26H,5,8-9,14H2,1H3,(H,30,31)/t23-/m1/s1. The van der Waals surface area contributed by atoms with Crippen molar-refractivity contribution in [3.05, 3.63) is 82.7 Å². The van der Waals surface area contributed by atoms with Crippen molar-refractivity contribution in [2.45, 2.75) is 32.1 Å². The molecule has 2 N–H and O–H groups in total. The van der Waals surface area contributed by atoms with Crippen LogP contribution in [0.15, 0.2) is 65.9 Å². The number of carboxylic acid groups (broad SMARTS) is 1. The van der Waals surface area contributed by atoms with E-state index in [1.165, 1.54) is 0 Å². The van der Waals surface area contributed by atoms with Crippen molar-refractivity contribution in [1.82, 2.24) is 9.78 Å². The fourth-order valence-corrected chi connectivity index (χ4v) is 4.61. The highest BCUT2D eigenvalue weighted by molar-refractivity contribution is 6.01. The van der Waals surface area contributed by atoms with Gasteiger partial charge in [-0.15, -0.1) is 0 Å². The molecule has 7 heteroatoms. The van der Waals surface area contributed by atoms with Gasteiger partial charge in [-0.2, -0.15) is 5.10 Å². The summed E-state index contributed by atoms with van der Waals surface area (Å²) in [6.07, 6.45) is 2.18. The number of fused-ring (bicyclic) bond motifs is 1. The van der Waals surface area contributed by atoms with E-state index < -0.39 is 12.6 Å². The molecule has 0 bridgehead atoms. The van der Waals surface area contributed by atoms with Gasteiger partial charge in [0.1, 0.15) is 11.6 Å². The molecular formula is C25H23N3O4. The molecule has 3 aromatic rings. The van der Waals surface area contributed by atoms with Gasteiger partial charge in [0.25, 0.3) is 0 Å². The lowest BCUT2D eigenvalue weighted by molar-refractivity contribution is -0.139. The molecule has 0 spiro atoms. The summed E-state index contributed by atoms with van der Waals surface area (Å²) in [4.78, 5) is 23.8. The Hall–Kier alpha value is -3.87. The summed E-state index contributed by atoms with van der Waals surface area (Å²) >= 11 is 0. The fraction of sp³-hybridized carbons (Fsp3) is 0.240. The molecule has 0 unspecified atom stereocenters. The third kappa shape index (κ3) is 3.45. The van der Waals surface area contributed by atoms with Crippen LogP contribution in [0.5, 0.6) is 5.75 Å². The lowest BCUT2D eigenvalue weighted by Gasteiger charge is -2.33. The van der Waals surface area contributed by atoms with Crippen LogP contribution in [0, 0.1) is 6.92 Å². The SMILES string of the molecule is Cc1nn(-c2ccccc2)c2c1[C@@H](c1ccc(OCC(=O)O)cc1)C1=C(CCCC1=O)N2. The number of para-hydroxylation sites is 1. The zero-order chi connectivity index (χ0) is 22.2. The number of hydrogen-bond acceptors (Lipinski definition) is 5. The zero-order valence-corrected chi connectivity index (χ0v) is 17.7. The normalized spacial score (nSPS) is 17.4. The predicted molar refractivity (Wildman–Crippen MR) is 119 cm³/mol. The minimum absolute atomic E-state index is 0.160. The molecule has 0 saturated carbocycles. The molecule has 1 aromatic heterocycles. The number of carbonyl (C=O) groups is 2. The maximum atomic E-state index is 13.0. The Balaban J connectivity index is 1.63. The number of aryl methyl sites for hydroxylation is 1. The Bertz CT molecular complexity index is 1230. The first-order chi connectivity index (χ1) is 15.5. The van der Waals surface area contributed by atoms with Crippen LogP contribution in [-0.2, 0) is 9.59 Å². The highest BCUT2D eigenvalue weighted by Crippen LogP contribution is 2.47. The van der Waals surface area contributed by atoms with Gasteiger partial charge in [0.15, 0.2) is 12.4 Å². The smallest absolute Gasteiger partial charge is 0.341 e. The van der Waals surface area contributed by atoms with Gasteiger partial charge in [-0.05, 0) is 49.6 Å². The van der Waals surface area contributed by atoms with Gasteiger partial charge in [-0.1, -0.05) is 30.3 Å². The van der Waals surface area contributed by atoms with Gasteiger partial charge >= 0.3 is 5.97 Å². The molecule has 1 aliphatic carbocycles. The van der Waals surface area contributed by atoms with E-state index >= 15 is 0 Å². The molecule has 2 aromatic carbocycles. The first-order valence-electron chi connectivity index (χ1n) is 10.7. The summed E-state index contributed by atoms with van der Waals surface area (Å²) in [7, 11) is 0. The molecule has 162 valence electrons. The number of hydrogen-bond donors (Lipinski definition) is 2. The number of ether oxygens (including phenoxy) is 1. The summed E-state index contributed by atoms with van der Waals surface area (Å²) in [5.41, 5.74) is 5.51. The van der Waals surface area contributed by atoms with Crippen molar-refractivity contribution < 1.29 is 19.4 Å². The van der Waals surface area contributed by atoms with Crippen molar-refractivity contribution in [3.63, 3.8) is 0 Å². The summed E-state index contributed by atoms with van der Waals surface area (Å²) in [6, 6.07) is 17.3. The number of aromatic nitrogens is 2. The van der Waals surface area contributed by atoms with Crippen LogP contribution in [-0.4, -0.2) is 33.2 Å². The van der Waals surface area contributed by atoms with Gasteiger partial charge in [0.2, 0.25) is 0 Å². The molecule has 1 atom stereocenters. The fourth-order valence-electron chi connectivity index (χ4n) is 4.61. The van der Waals surface area contributed by atoms with Crippen LogP contribution in [0.1, 0.15) is 42.0 Å². The molecule has 7 nitrogen and oxygen atoms in total. The Morgan fingerprint density at radius 3 is 2.62 bits per heavy atom. The number of carboxylic acids is 1. The third-order valence-corrected chi connectivity index (χ3v) is 5.99. The van der Waals surface area contributed by atoms with E-state index in [4.69, 9.17) is 14.9 Å². The number of nitrogens with one attached hydrogen (secondary N) is 1. The number of carbonyl (C=O) groups excluding carboxylic acids is 1. The minimum Gasteiger partial charge on any atom is -0.482 e. The molecule has 5 rings (SSSR count). The Kier molecular flexibility index (Phi) is 5.01. The molecule has 0 radical (unpaired) electrons. The molecule has 0 amide bonds. The molecule has 32 heavy (non-hydrogen) atoms. The van der Waals surface area contributed by atoms with Gasteiger partial charge < -0.3 is 15.2 Å². The molecular weight excluding hydrogens is 406 g/mol. The Morgan fingerprint density at radius 1 is 1.16 bits per heavy atom. The molecule has 2 heterocycles. The minimum atomic E-state index is -1.02. The number of anilines is 1. The lowest BCUT2D eigenvalue weighted by Crippen LogP contribution is -2.27. The number of nitrogens with zero attached hydrogens (tertiary/aromatic N) is 2. The van der Waals surface area contributed by atoms with E-state index in [1.807, 2.05) is 54.1 Å². The van der Waals surface area contributed by atoms with Crippen molar-refractivity contribution in [2.75, 3.05) is 11.9 Å². The lowest BCUT2D eigenvalue weighted by atomic mass is 9.76. The van der Waals surface area contributed by atoms with E-state index in [2.05, 4.69) is 5.32 Å². The second-order valence-corrected chi connectivity index (χ2v) is 8.07. The van der Waals surface area contributed by atoms with Crippen LogP contribution in [0.3, 0.4) is 0 Å². The van der Waals surface area contributed by atoms with E-state index in [9.17, 15) is 9.59 Å². The molecule has 0 saturated heterocycles. The maximum absolute atomic E-state index is 13.0. The first kappa shape index (κ1) is 20.1. The topological polar surface area (TPSA) is 93.5 Å². The number of ketones is 1. The number of aliphatic carboxylic acids is 1. The average Bonchev–Trinajstić information content (AvgIpc) is 3.13.